The number of carbonyl (C=O) groups excluding carboxylic acids is 1. The summed E-state index contributed by atoms with van der Waals surface area (Å²) in [6.07, 6.45) is 0.515. The predicted octanol–water partition coefficient (Wildman–Crippen LogP) is 8.55. The first-order valence-corrected chi connectivity index (χ1v) is 15.3. The molecule has 0 aliphatic heterocycles. The third kappa shape index (κ3) is 6.64. The van der Waals surface area contributed by atoms with E-state index in [2.05, 4.69) is 6.07 Å². The second kappa shape index (κ2) is 14.5. The number of aromatic nitrogens is 1. The van der Waals surface area contributed by atoms with E-state index in [9.17, 15) is 10.1 Å². The van der Waals surface area contributed by atoms with Gasteiger partial charge in [0.1, 0.15) is 11.1 Å². The maximum atomic E-state index is 14.4. The molecule has 0 N–H and O–H groups in total. The fraction of sp³-hybridized carbons (Fsp3) is 0.162. The summed E-state index contributed by atoms with van der Waals surface area (Å²) in [5.41, 5.74) is 4.76. The Morgan fingerprint density at radius 2 is 1.33 bits per heavy atom. The first kappa shape index (κ1) is 31.2. The topological polar surface area (TPSA) is 84.7 Å². The van der Waals surface area contributed by atoms with Crippen LogP contribution in [0.15, 0.2) is 114 Å². The minimum atomic E-state index is -0.538. The minimum Gasteiger partial charge on any atom is -0.493 e. The molecule has 1 atom stereocenters. The maximum Gasteiger partial charge on any atom is 0.245 e. The number of amides is 1. The van der Waals surface area contributed by atoms with Crippen molar-refractivity contribution in [1.29, 1.82) is 5.26 Å². The van der Waals surface area contributed by atoms with Crippen molar-refractivity contribution in [1.82, 2.24) is 4.98 Å². The molecule has 0 aliphatic carbocycles. The Morgan fingerprint density at radius 1 is 0.800 bits per heavy atom. The number of pyridine rings is 1. The highest BCUT2D eigenvalue weighted by atomic mass is 32.2. The van der Waals surface area contributed by atoms with E-state index < -0.39 is 5.25 Å². The molecular formula is C37H33N3O4S. The van der Waals surface area contributed by atoms with Gasteiger partial charge in [-0.05, 0) is 54.4 Å². The number of nitriles is 1. The van der Waals surface area contributed by atoms with Crippen molar-refractivity contribution in [3.63, 3.8) is 0 Å². The van der Waals surface area contributed by atoms with Crippen molar-refractivity contribution in [2.75, 3.05) is 26.2 Å². The third-order valence-electron chi connectivity index (χ3n) is 7.29. The molecule has 0 fully saturated rings. The van der Waals surface area contributed by atoms with Crippen molar-refractivity contribution < 1.29 is 19.0 Å². The Kier molecular flexibility index (Phi) is 10.0. The standard InChI is InChI=1S/C37H33N3O4S/c1-5-34(37(41)40(27-17-11-7-12-18-27)28-19-13-8-14-20-28)45-36-30(24-38)29(23-31(39-36)25-15-9-6-10-16-25)26-21-32(42-2)35(44-4)33(22-26)43-3/h6-23,34H,5H2,1-4H3. The lowest BCUT2D eigenvalue weighted by molar-refractivity contribution is -0.117. The van der Waals surface area contributed by atoms with E-state index in [1.807, 2.05) is 116 Å². The number of para-hydroxylation sites is 2. The van der Waals surface area contributed by atoms with E-state index in [1.165, 1.54) is 11.8 Å². The zero-order chi connectivity index (χ0) is 31.8. The van der Waals surface area contributed by atoms with Gasteiger partial charge < -0.3 is 14.2 Å². The average molecular weight is 616 g/mol. The average Bonchev–Trinajstić information content (AvgIpc) is 3.10. The van der Waals surface area contributed by atoms with E-state index in [0.29, 0.717) is 51.1 Å². The monoisotopic (exact) mass is 615 g/mol. The fourth-order valence-electron chi connectivity index (χ4n) is 5.08. The zero-order valence-corrected chi connectivity index (χ0v) is 26.4. The molecule has 0 aliphatic rings. The number of hydrogen-bond donors (Lipinski definition) is 0. The molecule has 0 spiro atoms. The smallest absolute Gasteiger partial charge is 0.245 e. The Bertz CT molecular complexity index is 1740. The van der Waals surface area contributed by atoms with Gasteiger partial charge in [-0.25, -0.2) is 4.98 Å². The molecule has 0 radical (unpaired) electrons. The molecule has 0 saturated carbocycles. The van der Waals surface area contributed by atoms with Crippen LogP contribution in [0, 0.1) is 11.3 Å². The van der Waals surface area contributed by atoms with Crippen LogP contribution in [0.5, 0.6) is 17.2 Å². The van der Waals surface area contributed by atoms with Crippen molar-refractivity contribution >= 4 is 29.0 Å². The fourth-order valence-corrected chi connectivity index (χ4v) is 6.15. The lowest BCUT2D eigenvalue weighted by Crippen LogP contribution is -2.34. The van der Waals surface area contributed by atoms with Crippen LogP contribution in [0.1, 0.15) is 18.9 Å². The largest absolute Gasteiger partial charge is 0.493 e. The van der Waals surface area contributed by atoms with Gasteiger partial charge in [-0.2, -0.15) is 5.26 Å². The molecule has 5 rings (SSSR count). The SMILES string of the molecule is CCC(Sc1nc(-c2ccccc2)cc(-c2cc(OC)c(OC)c(OC)c2)c1C#N)C(=O)N(c1ccccc1)c1ccccc1. The highest BCUT2D eigenvalue weighted by Crippen LogP contribution is 2.44. The van der Waals surface area contributed by atoms with Crippen molar-refractivity contribution in [2.45, 2.75) is 23.6 Å². The molecule has 226 valence electrons. The van der Waals surface area contributed by atoms with Crippen LogP contribution >= 0.6 is 11.8 Å². The highest BCUT2D eigenvalue weighted by molar-refractivity contribution is 8.00. The van der Waals surface area contributed by atoms with Crippen LogP contribution in [0.4, 0.5) is 11.4 Å². The van der Waals surface area contributed by atoms with Crippen molar-refractivity contribution in [2.24, 2.45) is 0 Å². The molecule has 1 unspecified atom stereocenters. The molecule has 1 aromatic heterocycles. The Balaban J connectivity index is 1.66. The highest BCUT2D eigenvalue weighted by Gasteiger charge is 2.29. The number of benzene rings is 4. The molecule has 8 heteroatoms. The van der Waals surface area contributed by atoms with Crippen LogP contribution in [-0.4, -0.2) is 37.5 Å². The quantitative estimate of drug-likeness (QED) is 0.138. The lowest BCUT2D eigenvalue weighted by Gasteiger charge is -2.27. The Labute approximate surface area is 268 Å². The molecule has 0 bridgehead atoms. The van der Waals surface area contributed by atoms with Gasteiger partial charge in [-0.3, -0.25) is 9.69 Å². The van der Waals surface area contributed by atoms with E-state index in [-0.39, 0.29) is 5.91 Å². The Hall–Kier alpha value is -5.26. The van der Waals surface area contributed by atoms with Crippen molar-refractivity contribution in [3.05, 3.63) is 115 Å². The van der Waals surface area contributed by atoms with Gasteiger partial charge >= 0.3 is 0 Å². The summed E-state index contributed by atoms with van der Waals surface area (Å²) in [6.45, 7) is 1.97. The second-order valence-corrected chi connectivity index (χ2v) is 11.2. The van der Waals surface area contributed by atoms with Crippen molar-refractivity contribution in [3.8, 4) is 45.7 Å². The molecule has 4 aromatic carbocycles. The van der Waals surface area contributed by atoms with Gasteiger partial charge in [0.15, 0.2) is 11.5 Å². The first-order valence-electron chi connectivity index (χ1n) is 14.4. The normalized spacial score (nSPS) is 11.3. The van der Waals surface area contributed by atoms with Gasteiger partial charge in [-0.15, -0.1) is 0 Å². The molecule has 45 heavy (non-hydrogen) atoms. The van der Waals surface area contributed by atoms with Crippen LogP contribution in [0.2, 0.25) is 0 Å². The summed E-state index contributed by atoms with van der Waals surface area (Å²) in [5.74, 6) is 1.27. The number of nitrogens with zero attached hydrogens (tertiary/aromatic N) is 3. The molecule has 1 amide bonds. The maximum absolute atomic E-state index is 14.4. The molecule has 5 aromatic rings. The van der Waals surface area contributed by atoms with Crippen LogP contribution in [0.3, 0.4) is 0 Å². The van der Waals surface area contributed by atoms with E-state index in [1.54, 1.807) is 26.2 Å². The van der Waals surface area contributed by atoms with Gasteiger partial charge in [0.25, 0.3) is 0 Å². The number of anilines is 2. The summed E-state index contributed by atoms with van der Waals surface area (Å²) < 4.78 is 16.8. The second-order valence-electron chi connectivity index (χ2n) is 9.99. The summed E-state index contributed by atoms with van der Waals surface area (Å²) in [6, 6.07) is 36.8. The Morgan fingerprint density at radius 3 is 1.80 bits per heavy atom. The van der Waals surface area contributed by atoms with Gasteiger partial charge in [-0.1, -0.05) is 85.4 Å². The molecule has 1 heterocycles. The number of hydrogen-bond acceptors (Lipinski definition) is 7. The summed E-state index contributed by atoms with van der Waals surface area (Å²) >= 11 is 1.30. The van der Waals surface area contributed by atoms with Gasteiger partial charge in [0.2, 0.25) is 11.7 Å². The predicted molar refractivity (Wildman–Crippen MR) is 179 cm³/mol. The van der Waals surface area contributed by atoms with Crippen LogP contribution in [0.25, 0.3) is 22.4 Å². The summed E-state index contributed by atoms with van der Waals surface area (Å²) in [4.78, 5) is 21.1. The van der Waals surface area contributed by atoms with Crippen LogP contribution < -0.4 is 19.1 Å². The molecule has 0 saturated heterocycles. The third-order valence-corrected chi connectivity index (χ3v) is 8.63. The summed E-state index contributed by atoms with van der Waals surface area (Å²) in [5, 5.41) is 10.5. The number of thioether (sulfide) groups is 1. The van der Waals surface area contributed by atoms with E-state index in [0.717, 1.165) is 16.9 Å². The minimum absolute atomic E-state index is 0.106. The number of rotatable bonds is 11. The zero-order valence-electron chi connectivity index (χ0n) is 25.6. The van der Waals surface area contributed by atoms with E-state index >= 15 is 0 Å². The van der Waals surface area contributed by atoms with E-state index in [4.69, 9.17) is 19.2 Å². The lowest BCUT2D eigenvalue weighted by atomic mass is 9.98. The first-order chi connectivity index (χ1) is 22.0. The number of carbonyl (C=O) groups is 1. The van der Waals surface area contributed by atoms with Crippen LogP contribution in [-0.2, 0) is 4.79 Å². The molecular weight excluding hydrogens is 582 g/mol. The van der Waals surface area contributed by atoms with Gasteiger partial charge in [0, 0.05) is 22.5 Å². The summed E-state index contributed by atoms with van der Waals surface area (Å²) in [7, 11) is 4.65. The molecule has 7 nitrogen and oxygen atoms in total. The number of methoxy groups -OCH3 is 3. The number of ether oxygens (including phenoxy) is 3. The van der Waals surface area contributed by atoms with Gasteiger partial charge in [0.05, 0.1) is 37.8 Å².